The summed E-state index contributed by atoms with van der Waals surface area (Å²) in [5.74, 6) is 0.599. The van der Waals surface area contributed by atoms with E-state index in [0.29, 0.717) is 12.5 Å². The van der Waals surface area contributed by atoms with Crippen LogP contribution >= 0.6 is 27.3 Å². The normalized spacial score (nSPS) is 11.0. The van der Waals surface area contributed by atoms with E-state index in [2.05, 4.69) is 38.2 Å². The SMILES string of the molecule is CCN(C)/C=N/c1cc(Br)c(OCc2ccsc2)nc1C. The lowest BCUT2D eigenvalue weighted by molar-refractivity contribution is 0.292. The van der Waals surface area contributed by atoms with E-state index >= 15 is 0 Å². The maximum Gasteiger partial charge on any atom is 0.228 e. The quantitative estimate of drug-likeness (QED) is 0.560. The lowest BCUT2D eigenvalue weighted by Crippen LogP contribution is -2.14. The summed E-state index contributed by atoms with van der Waals surface area (Å²) >= 11 is 5.16. The molecular weight excluding hydrogens is 350 g/mol. The third kappa shape index (κ3) is 4.54. The molecule has 0 spiro atoms. The second-order valence-electron chi connectivity index (χ2n) is 4.62. The van der Waals surface area contributed by atoms with E-state index in [1.807, 2.05) is 42.7 Å². The van der Waals surface area contributed by atoms with E-state index in [4.69, 9.17) is 4.74 Å². The molecule has 0 fully saturated rings. The van der Waals surface area contributed by atoms with Crippen LogP contribution in [0.25, 0.3) is 0 Å². The first-order chi connectivity index (χ1) is 10.1. The number of nitrogens with zero attached hydrogens (tertiary/aromatic N) is 3. The molecule has 2 rings (SSSR count). The number of aromatic nitrogens is 1. The second-order valence-corrected chi connectivity index (χ2v) is 6.25. The Morgan fingerprint density at radius 2 is 2.33 bits per heavy atom. The smallest absolute Gasteiger partial charge is 0.228 e. The molecule has 0 atom stereocenters. The summed E-state index contributed by atoms with van der Waals surface area (Å²) in [6, 6.07) is 3.98. The molecule has 0 aliphatic heterocycles. The number of hydrogen-bond donors (Lipinski definition) is 0. The Hall–Kier alpha value is -1.40. The van der Waals surface area contributed by atoms with E-state index in [0.717, 1.165) is 28.0 Å². The molecule has 0 N–H and O–H groups in total. The summed E-state index contributed by atoms with van der Waals surface area (Å²) in [5, 5.41) is 4.11. The third-order valence-corrected chi connectivity index (χ3v) is 4.26. The largest absolute Gasteiger partial charge is 0.472 e. The molecule has 6 heteroatoms. The minimum atomic E-state index is 0.524. The first kappa shape index (κ1) is 16.0. The average molecular weight is 368 g/mol. The van der Waals surface area contributed by atoms with Gasteiger partial charge in [0, 0.05) is 19.2 Å². The van der Waals surface area contributed by atoms with Gasteiger partial charge in [0.1, 0.15) is 6.61 Å². The minimum absolute atomic E-state index is 0.524. The highest BCUT2D eigenvalue weighted by Crippen LogP contribution is 2.30. The van der Waals surface area contributed by atoms with Gasteiger partial charge in [-0.05, 0) is 52.7 Å². The van der Waals surface area contributed by atoms with Crippen LogP contribution in [0, 0.1) is 6.92 Å². The number of ether oxygens (including phenoxy) is 1. The fourth-order valence-corrected chi connectivity index (χ4v) is 2.62. The molecule has 21 heavy (non-hydrogen) atoms. The van der Waals surface area contributed by atoms with Crippen molar-refractivity contribution in [3.63, 3.8) is 0 Å². The third-order valence-electron chi connectivity index (χ3n) is 2.96. The minimum Gasteiger partial charge on any atom is -0.472 e. The van der Waals surface area contributed by atoms with Gasteiger partial charge in [0.2, 0.25) is 5.88 Å². The number of hydrogen-bond acceptors (Lipinski definition) is 4. The van der Waals surface area contributed by atoms with Crippen LogP contribution in [0.5, 0.6) is 5.88 Å². The van der Waals surface area contributed by atoms with Gasteiger partial charge >= 0.3 is 0 Å². The fourth-order valence-electron chi connectivity index (χ4n) is 1.55. The topological polar surface area (TPSA) is 37.7 Å². The van der Waals surface area contributed by atoms with Crippen LogP contribution < -0.4 is 4.74 Å². The molecule has 0 saturated carbocycles. The predicted molar refractivity (Wildman–Crippen MR) is 91.8 cm³/mol. The molecule has 0 radical (unpaired) electrons. The Kier molecular flexibility index (Phi) is 5.76. The van der Waals surface area contributed by atoms with Crippen LogP contribution in [0.3, 0.4) is 0 Å². The van der Waals surface area contributed by atoms with Gasteiger partial charge in [-0.2, -0.15) is 11.3 Å². The molecule has 2 aromatic heterocycles. The molecule has 2 heterocycles. The van der Waals surface area contributed by atoms with Gasteiger partial charge in [-0.3, -0.25) is 0 Å². The Bertz CT molecular complexity index is 614. The van der Waals surface area contributed by atoms with Crippen molar-refractivity contribution >= 4 is 39.3 Å². The van der Waals surface area contributed by atoms with Crippen molar-refractivity contribution < 1.29 is 4.74 Å². The van der Waals surface area contributed by atoms with Crippen LogP contribution in [-0.4, -0.2) is 29.8 Å². The molecule has 0 aliphatic carbocycles. The van der Waals surface area contributed by atoms with Crippen LogP contribution in [-0.2, 0) is 6.61 Å². The maximum atomic E-state index is 5.75. The molecule has 0 aliphatic rings. The monoisotopic (exact) mass is 367 g/mol. The number of thiophene rings is 1. The molecule has 0 aromatic carbocycles. The molecule has 0 saturated heterocycles. The number of aryl methyl sites for hydroxylation is 1. The van der Waals surface area contributed by atoms with Crippen molar-refractivity contribution in [2.24, 2.45) is 4.99 Å². The van der Waals surface area contributed by atoms with E-state index in [-0.39, 0.29) is 0 Å². The molecule has 0 bridgehead atoms. The maximum absolute atomic E-state index is 5.75. The number of rotatable bonds is 6. The molecule has 0 unspecified atom stereocenters. The molecule has 112 valence electrons. The van der Waals surface area contributed by atoms with Gasteiger partial charge in [-0.1, -0.05) is 0 Å². The first-order valence-corrected chi connectivity index (χ1v) is 8.39. The van der Waals surface area contributed by atoms with E-state index < -0.39 is 0 Å². The second kappa shape index (κ2) is 7.56. The highest BCUT2D eigenvalue weighted by Gasteiger charge is 2.08. The zero-order valence-corrected chi connectivity index (χ0v) is 14.7. The summed E-state index contributed by atoms with van der Waals surface area (Å²) in [7, 11) is 1.99. The van der Waals surface area contributed by atoms with Crippen molar-refractivity contribution in [2.75, 3.05) is 13.6 Å². The highest BCUT2D eigenvalue weighted by atomic mass is 79.9. The average Bonchev–Trinajstić information content (AvgIpc) is 2.99. The number of halogens is 1. The van der Waals surface area contributed by atoms with Crippen molar-refractivity contribution in [3.05, 3.63) is 38.6 Å². The van der Waals surface area contributed by atoms with Gasteiger partial charge in [-0.25, -0.2) is 9.98 Å². The van der Waals surface area contributed by atoms with Crippen LogP contribution in [0.15, 0.2) is 32.4 Å². The van der Waals surface area contributed by atoms with Crippen molar-refractivity contribution in [3.8, 4) is 5.88 Å². The Labute approximate surface area is 137 Å². The van der Waals surface area contributed by atoms with E-state index in [1.165, 1.54) is 0 Å². The molecular formula is C15H18BrN3OS. The molecule has 0 amide bonds. The lowest BCUT2D eigenvalue weighted by Gasteiger charge is -2.11. The zero-order valence-electron chi connectivity index (χ0n) is 12.3. The van der Waals surface area contributed by atoms with Crippen molar-refractivity contribution in [2.45, 2.75) is 20.5 Å². The standard InChI is InChI=1S/C15H18BrN3OS/c1-4-19(3)10-17-14-7-13(16)15(18-11(14)2)20-8-12-5-6-21-9-12/h5-7,9-10H,4,8H2,1-3H3/b17-10+. The highest BCUT2D eigenvalue weighted by molar-refractivity contribution is 9.10. The Morgan fingerprint density at radius 3 is 3.00 bits per heavy atom. The first-order valence-electron chi connectivity index (χ1n) is 6.65. The van der Waals surface area contributed by atoms with E-state index in [1.54, 1.807) is 11.3 Å². The van der Waals surface area contributed by atoms with Crippen molar-refractivity contribution in [1.29, 1.82) is 0 Å². The van der Waals surface area contributed by atoms with E-state index in [9.17, 15) is 0 Å². The summed E-state index contributed by atoms with van der Waals surface area (Å²) < 4.78 is 6.56. The summed E-state index contributed by atoms with van der Waals surface area (Å²) in [4.78, 5) is 10.9. The van der Waals surface area contributed by atoms with Crippen LogP contribution in [0.1, 0.15) is 18.2 Å². The van der Waals surface area contributed by atoms with Crippen LogP contribution in [0.2, 0.25) is 0 Å². The number of pyridine rings is 1. The zero-order chi connectivity index (χ0) is 15.2. The predicted octanol–water partition coefficient (Wildman–Crippen LogP) is 4.40. The number of aliphatic imine (C=N–C) groups is 1. The van der Waals surface area contributed by atoms with Gasteiger partial charge < -0.3 is 9.64 Å². The van der Waals surface area contributed by atoms with Crippen LogP contribution in [0.4, 0.5) is 5.69 Å². The Morgan fingerprint density at radius 1 is 1.52 bits per heavy atom. The lowest BCUT2D eigenvalue weighted by atomic mass is 10.3. The fraction of sp³-hybridized carbons (Fsp3) is 0.333. The van der Waals surface area contributed by atoms with Gasteiger partial charge in [0.25, 0.3) is 0 Å². The Balaban J connectivity index is 2.11. The van der Waals surface area contributed by atoms with Crippen molar-refractivity contribution in [1.82, 2.24) is 9.88 Å². The summed E-state index contributed by atoms with van der Waals surface area (Å²) in [6.45, 7) is 5.45. The van der Waals surface area contributed by atoms with Gasteiger partial charge in [-0.15, -0.1) is 0 Å². The van der Waals surface area contributed by atoms with Gasteiger partial charge in [0.15, 0.2) is 0 Å². The van der Waals surface area contributed by atoms with Gasteiger partial charge in [0.05, 0.1) is 22.2 Å². The molecule has 2 aromatic rings. The molecule has 4 nitrogen and oxygen atoms in total. The summed E-state index contributed by atoms with van der Waals surface area (Å²) in [6.07, 6.45) is 1.81. The summed E-state index contributed by atoms with van der Waals surface area (Å²) in [5.41, 5.74) is 2.84.